The van der Waals surface area contributed by atoms with Crippen molar-refractivity contribution >= 4 is 0 Å². The molecule has 2 N–H and O–H groups in total. The van der Waals surface area contributed by atoms with Crippen LogP contribution in [0.25, 0.3) is 0 Å². The molecule has 3 atom stereocenters. The first-order valence-corrected chi connectivity index (χ1v) is 9.18. The minimum Gasteiger partial charge on any atom is -0.394 e. The minimum atomic E-state index is -0.0183. The Morgan fingerprint density at radius 3 is 2.57 bits per heavy atom. The summed E-state index contributed by atoms with van der Waals surface area (Å²) in [4.78, 5) is 0. The molecule has 0 aromatic carbocycles. The lowest BCUT2D eigenvalue weighted by atomic mass is 9.74. The van der Waals surface area contributed by atoms with Crippen LogP contribution in [-0.4, -0.2) is 35.5 Å². The largest absolute Gasteiger partial charge is 0.394 e. The molecule has 122 valence electrons. The van der Waals surface area contributed by atoms with Gasteiger partial charge < -0.3 is 15.2 Å². The van der Waals surface area contributed by atoms with Gasteiger partial charge in [0.2, 0.25) is 0 Å². The van der Waals surface area contributed by atoms with Crippen LogP contribution in [0.4, 0.5) is 0 Å². The summed E-state index contributed by atoms with van der Waals surface area (Å²) in [6.45, 7) is 3.52. The normalized spacial score (nSPS) is 40.3. The summed E-state index contributed by atoms with van der Waals surface area (Å²) in [6.07, 6.45) is 13.6. The molecule has 2 aliphatic carbocycles. The quantitative estimate of drug-likeness (QED) is 0.838. The molecule has 0 radical (unpaired) electrons. The fourth-order valence-corrected chi connectivity index (χ4v) is 5.11. The zero-order valence-electron chi connectivity index (χ0n) is 13.7. The Morgan fingerprint density at radius 1 is 1.05 bits per heavy atom. The van der Waals surface area contributed by atoms with Crippen LogP contribution in [-0.2, 0) is 4.74 Å². The summed E-state index contributed by atoms with van der Waals surface area (Å²) < 4.78 is 6.21. The number of nitrogens with one attached hydrogen (secondary N) is 1. The van der Waals surface area contributed by atoms with E-state index in [9.17, 15) is 5.11 Å². The molecule has 3 rings (SSSR count). The molecule has 0 aromatic rings. The van der Waals surface area contributed by atoms with Crippen LogP contribution >= 0.6 is 0 Å². The number of aliphatic hydroxyl groups is 1. The molecule has 1 aliphatic heterocycles. The Bertz CT molecular complexity index is 335. The Morgan fingerprint density at radius 2 is 1.86 bits per heavy atom. The Balaban J connectivity index is 1.63. The van der Waals surface area contributed by atoms with Crippen molar-refractivity contribution in [1.29, 1.82) is 0 Å². The molecule has 1 heterocycles. The van der Waals surface area contributed by atoms with E-state index in [0.29, 0.717) is 12.6 Å². The molecular weight excluding hydrogens is 262 g/mol. The number of aliphatic hydroxyl groups excluding tert-OH is 1. The van der Waals surface area contributed by atoms with Gasteiger partial charge in [-0.25, -0.2) is 0 Å². The van der Waals surface area contributed by atoms with Gasteiger partial charge in [-0.05, 0) is 44.4 Å². The lowest BCUT2D eigenvalue weighted by molar-refractivity contribution is -0.113. The van der Waals surface area contributed by atoms with Gasteiger partial charge in [-0.2, -0.15) is 0 Å². The van der Waals surface area contributed by atoms with Crippen molar-refractivity contribution in [2.24, 2.45) is 5.92 Å². The molecule has 0 bridgehead atoms. The second-order valence-corrected chi connectivity index (χ2v) is 8.07. The van der Waals surface area contributed by atoms with E-state index in [4.69, 9.17) is 4.74 Å². The van der Waals surface area contributed by atoms with Crippen molar-refractivity contribution in [3.05, 3.63) is 0 Å². The van der Waals surface area contributed by atoms with Gasteiger partial charge in [0.1, 0.15) is 0 Å². The van der Waals surface area contributed by atoms with Crippen molar-refractivity contribution < 1.29 is 9.84 Å². The van der Waals surface area contributed by atoms with Gasteiger partial charge in [-0.3, -0.25) is 0 Å². The topological polar surface area (TPSA) is 41.5 Å². The Kier molecular flexibility index (Phi) is 4.92. The summed E-state index contributed by atoms with van der Waals surface area (Å²) >= 11 is 0. The first kappa shape index (κ1) is 15.8. The first-order chi connectivity index (χ1) is 10.2. The summed E-state index contributed by atoms with van der Waals surface area (Å²) in [7, 11) is 0. The zero-order valence-corrected chi connectivity index (χ0v) is 13.7. The van der Waals surface area contributed by atoms with Crippen LogP contribution in [0.1, 0.15) is 77.6 Å². The van der Waals surface area contributed by atoms with Crippen LogP contribution in [0.5, 0.6) is 0 Å². The van der Waals surface area contributed by atoms with Crippen LogP contribution in [0, 0.1) is 5.92 Å². The molecular formula is C18H33NO2. The summed E-state index contributed by atoms with van der Waals surface area (Å²) in [5.41, 5.74) is 0.140. The smallest absolute Gasteiger partial charge is 0.0697 e. The summed E-state index contributed by atoms with van der Waals surface area (Å²) in [5, 5.41) is 13.9. The third-order valence-electron chi connectivity index (χ3n) is 6.16. The molecule has 21 heavy (non-hydrogen) atoms. The van der Waals surface area contributed by atoms with Crippen molar-refractivity contribution in [2.75, 3.05) is 13.2 Å². The minimum absolute atomic E-state index is 0.0183. The molecule has 2 saturated carbocycles. The summed E-state index contributed by atoms with van der Waals surface area (Å²) in [6, 6.07) is 0.536. The molecule has 3 aliphatic rings. The number of hydrogen-bond acceptors (Lipinski definition) is 3. The molecule has 3 nitrogen and oxygen atoms in total. The molecule has 1 saturated heterocycles. The van der Waals surface area contributed by atoms with E-state index >= 15 is 0 Å². The second kappa shape index (κ2) is 6.55. The van der Waals surface area contributed by atoms with Gasteiger partial charge in [-0.1, -0.05) is 39.0 Å². The molecule has 0 aromatic heterocycles. The predicted molar refractivity (Wildman–Crippen MR) is 85.4 cm³/mol. The van der Waals surface area contributed by atoms with Crippen LogP contribution in [0.3, 0.4) is 0 Å². The van der Waals surface area contributed by atoms with Crippen molar-refractivity contribution in [3.63, 3.8) is 0 Å². The Labute approximate surface area is 129 Å². The molecule has 3 fully saturated rings. The third-order valence-corrected chi connectivity index (χ3v) is 6.16. The lowest BCUT2D eigenvalue weighted by Crippen LogP contribution is -2.59. The molecule has 3 heteroatoms. The highest BCUT2D eigenvalue weighted by Gasteiger charge is 2.42. The number of rotatable bonds is 3. The zero-order chi connectivity index (χ0) is 14.8. The average molecular weight is 295 g/mol. The van der Waals surface area contributed by atoms with E-state index in [1.54, 1.807) is 0 Å². The Hall–Kier alpha value is -0.120. The van der Waals surface area contributed by atoms with Gasteiger partial charge in [0.15, 0.2) is 0 Å². The number of hydrogen-bond donors (Lipinski definition) is 2. The SMILES string of the molecule is CC1CCCC(CO)(NC2CCOC3(CCCCC3)C2)C1. The monoisotopic (exact) mass is 295 g/mol. The van der Waals surface area contributed by atoms with E-state index < -0.39 is 0 Å². The van der Waals surface area contributed by atoms with Crippen LogP contribution in [0.2, 0.25) is 0 Å². The van der Waals surface area contributed by atoms with E-state index in [1.807, 2.05) is 0 Å². The highest BCUT2D eigenvalue weighted by Crippen LogP contribution is 2.40. The third kappa shape index (κ3) is 3.62. The van der Waals surface area contributed by atoms with E-state index in [2.05, 4.69) is 12.2 Å². The fourth-order valence-electron chi connectivity index (χ4n) is 5.11. The second-order valence-electron chi connectivity index (χ2n) is 8.07. The van der Waals surface area contributed by atoms with Crippen molar-refractivity contribution in [2.45, 2.75) is 94.7 Å². The molecule has 1 spiro atoms. The maximum atomic E-state index is 10.00. The predicted octanol–water partition coefficient (Wildman–Crippen LogP) is 3.40. The van der Waals surface area contributed by atoms with Crippen LogP contribution < -0.4 is 5.32 Å². The van der Waals surface area contributed by atoms with Crippen molar-refractivity contribution in [3.8, 4) is 0 Å². The van der Waals surface area contributed by atoms with E-state index in [0.717, 1.165) is 38.2 Å². The van der Waals surface area contributed by atoms with Gasteiger partial charge in [-0.15, -0.1) is 0 Å². The first-order valence-electron chi connectivity index (χ1n) is 9.18. The van der Waals surface area contributed by atoms with E-state index in [1.165, 1.54) is 44.9 Å². The maximum absolute atomic E-state index is 10.00. The lowest BCUT2D eigenvalue weighted by Gasteiger charge is -2.48. The molecule has 3 unspecified atom stereocenters. The average Bonchev–Trinajstić information content (AvgIpc) is 2.48. The maximum Gasteiger partial charge on any atom is 0.0697 e. The number of ether oxygens (including phenoxy) is 1. The van der Waals surface area contributed by atoms with Gasteiger partial charge in [0.25, 0.3) is 0 Å². The highest BCUT2D eigenvalue weighted by atomic mass is 16.5. The highest BCUT2D eigenvalue weighted by molar-refractivity contribution is 4.99. The van der Waals surface area contributed by atoms with Gasteiger partial charge in [0.05, 0.1) is 12.2 Å². The standard InChI is InChI=1S/C18H33NO2/c1-15-6-5-8-17(12-15,14-20)19-16-7-11-21-18(13-16)9-3-2-4-10-18/h15-16,19-20H,2-14H2,1H3. The van der Waals surface area contributed by atoms with Gasteiger partial charge >= 0.3 is 0 Å². The fraction of sp³-hybridized carbons (Fsp3) is 1.00. The summed E-state index contributed by atoms with van der Waals surface area (Å²) in [5.74, 6) is 0.738. The van der Waals surface area contributed by atoms with Gasteiger partial charge in [0, 0.05) is 18.2 Å². The van der Waals surface area contributed by atoms with Crippen LogP contribution in [0.15, 0.2) is 0 Å². The van der Waals surface area contributed by atoms with Crippen molar-refractivity contribution in [1.82, 2.24) is 5.32 Å². The van der Waals surface area contributed by atoms with E-state index in [-0.39, 0.29) is 11.1 Å². The molecule has 0 amide bonds.